The van der Waals surface area contributed by atoms with Crippen molar-refractivity contribution in [1.29, 1.82) is 0 Å². The van der Waals surface area contributed by atoms with Crippen LogP contribution in [0.2, 0.25) is 0 Å². The van der Waals surface area contributed by atoms with Gasteiger partial charge in [0, 0.05) is 18.0 Å². The van der Waals surface area contributed by atoms with Crippen LogP contribution in [0.5, 0.6) is 0 Å². The number of para-hydroxylation sites is 2. The number of fused-ring (bicyclic) bond motifs is 1. The number of anilines is 2. The lowest BCUT2D eigenvalue weighted by Gasteiger charge is -2.13. The van der Waals surface area contributed by atoms with Crippen molar-refractivity contribution in [3.8, 4) is 0 Å². The quantitative estimate of drug-likeness (QED) is 0.470. The van der Waals surface area contributed by atoms with Gasteiger partial charge in [0.25, 0.3) is 0 Å². The Morgan fingerprint density at radius 1 is 1.15 bits per heavy atom. The average Bonchev–Trinajstić information content (AvgIpc) is 3.45. The van der Waals surface area contributed by atoms with E-state index in [0.29, 0.717) is 5.92 Å². The summed E-state index contributed by atoms with van der Waals surface area (Å²) in [4.78, 5) is 12.4. The number of amides is 1. The summed E-state index contributed by atoms with van der Waals surface area (Å²) < 4.78 is 64.8. The molecular weight excluding hydrogens is 457 g/mol. The fraction of sp³-hybridized carbons (Fsp3) is 0.273. The summed E-state index contributed by atoms with van der Waals surface area (Å²) in [6.07, 6.45) is 2.19. The summed E-state index contributed by atoms with van der Waals surface area (Å²) >= 11 is 0. The number of carbonyl (C=O) groups excluding carboxylic acids is 1. The maximum absolute atomic E-state index is 12.5. The Balaban J connectivity index is 1.43. The van der Waals surface area contributed by atoms with E-state index in [0.717, 1.165) is 23.0 Å². The highest BCUT2D eigenvalue weighted by Gasteiger charge is 2.35. The van der Waals surface area contributed by atoms with E-state index in [4.69, 9.17) is 0 Å². The van der Waals surface area contributed by atoms with Gasteiger partial charge in [-0.15, -0.1) is 0 Å². The summed E-state index contributed by atoms with van der Waals surface area (Å²) in [6, 6.07) is 11.3. The lowest BCUT2D eigenvalue weighted by Crippen LogP contribution is -2.28. The monoisotopic (exact) mass is 478 g/mol. The van der Waals surface area contributed by atoms with Crippen molar-refractivity contribution in [2.45, 2.75) is 25.6 Å². The third kappa shape index (κ3) is 6.35. The van der Waals surface area contributed by atoms with E-state index in [1.165, 1.54) is 43.2 Å². The number of rotatable bonds is 8. The molecule has 3 aromatic rings. The Hall–Kier alpha value is -3.34. The van der Waals surface area contributed by atoms with Gasteiger partial charge in [0.15, 0.2) is 5.75 Å². The van der Waals surface area contributed by atoms with E-state index in [1.54, 1.807) is 12.3 Å². The van der Waals surface area contributed by atoms with Crippen molar-refractivity contribution in [2.24, 2.45) is 5.92 Å². The SMILES string of the molecule is O=C(/C=C/c1ccc2c(cnn2CC2CC2)c1)Nc1ccccc1NS(=O)(=O)CC(F)(F)F. The van der Waals surface area contributed by atoms with Crippen molar-refractivity contribution in [3.63, 3.8) is 0 Å². The van der Waals surface area contributed by atoms with Gasteiger partial charge in [-0.05, 0) is 54.7 Å². The van der Waals surface area contributed by atoms with Crippen LogP contribution in [0.15, 0.2) is 54.7 Å². The van der Waals surface area contributed by atoms with Crippen LogP contribution >= 0.6 is 0 Å². The highest BCUT2D eigenvalue weighted by atomic mass is 32.2. The van der Waals surface area contributed by atoms with Crippen LogP contribution in [0.25, 0.3) is 17.0 Å². The lowest BCUT2D eigenvalue weighted by molar-refractivity contribution is -0.112. The largest absolute Gasteiger partial charge is 0.404 e. The van der Waals surface area contributed by atoms with Gasteiger partial charge in [-0.2, -0.15) is 18.3 Å². The van der Waals surface area contributed by atoms with Crippen LogP contribution in [0.1, 0.15) is 18.4 Å². The van der Waals surface area contributed by atoms with Gasteiger partial charge in [0.2, 0.25) is 15.9 Å². The molecule has 7 nitrogen and oxygen atoms in total. The molecule has 1 saturated carbocycles. The first-order valence-electron chi connectivity index (χ1n) is 10.2. The molecule has 33 heavy (non-hydrogen) atoms. The molecule has 11 heteroatoms. The maximum atomic E-state index is 12.5. The predicted octanol–water partition coefficient (Wildman–Crippen LogP) is 4.40. The summed E-state index contributed by atoms with van der Waals surface area (Å²) in [5.74, 6) is -1.90. The second kappa shape index (κ2) is 8.89. The van der Waals surface area contributed by atoms with Crippen LogP contribution in [0, 0.1) is 5.92 Å². The van der Waals surface area contributed by atoms with E-state index < -0.39 is 27.9 Å². The zero-order chi connectivity index (χ0) is 23.6. The Labute approximate surface area is 188 Å². The standard InChI is InChI=1S/C22H21F3N4O3S/c23-22(24,25)14-33(31,32)28-19-4-2-1-3-18(19)27-21(30)10-8-15-7-9-20-17(11-15)12-26-29(20)13-16-5-6-16/h1-4,7-12,16,28H,5-6,13-14H2,(H,27,30)/b10-8+. The van der Waals surface area contributed by atoms with Crippen molar-refractivity contribution in [3.05, 3.63) is 60.3 Å². The summed E-state index contributed by atoms with van der Waals surface area (Å²) in [5, 5.41) is 7.85. The number of halogens is 3. The first-order chi connectivity index (χ1) is 15.6. The number of hydrogen-bond acceptors (Lipinski definition) is 4. The molecular formula is C22H21F3N4O3S. The molecule has 0 radical (unpaired) electrons. The Bertz CT molecular complexity index is 1310. The van der Waals surface area contributed by atoms with Gasteiger partial charge >= 0.3 is 6.18 Å². The molecule has 1 amide bonds. The van der Waals surface area contributed by atoms with E-state index in [9.17, 15) is 26.4 Å². The third-order valence-corrected chi connectivity index (χ3v) is 6.26. The van der Waals surface area contributed by atoms with Crippen LogP contribution in [0.4, 0.5) is 24.5 Å². The van der Waals surface area contributed by atoms with Gasteiger partial charge in [-0.3, -0.25) is 14.2 Å². The molecule has 0 aliphatic heterocycles. The molecule has 0 atom stereocenters. The molecule has 2 aromatic carbocycles. The number of nitrogens with one attached hydrogen (secondary N) is 2. The first kappa shape index (κ1) is 22.8. The molecule has 1 aromatic heterocycles. The molecule has 1 aliphatic rings. The van der Waals surface area contributed by atoms with Crippen molar-refractivity contribution in [1.82, 2.24) is 9.78 Å². The summed E-state index contributed by atoms with van der Waals surface area (Å²) in [6.45, 7) is 0.896. The predicted molar refractivity (Wildman–Crippen MR) is 120 cm³/mol. The minimum Gasteiger partial charge on any atom is -0.321 e. The van der Waals surface area contributed by atoms with Crippen LogP contribution in [-0.2, 0) is 21.4 Å². The number of benzene rings is 2. The van der Waals surface area contributed by atoms with Crippen LogP contribution < -0.4 is 10.0 Å². The minimum absolute atomic E-state index is 0.0368. The molecule has 1 aliphatic carbocycles. The highest BCUT2D eigenvalue weighted by molar-refractivity contribution is 7.92. The number of sulfonamides is 1. The highest BCUT2D eigenvalue weighted by Crippen LogP contribution is 2.31. The van der Waals surface area contributed by atoms with E-state index in [2.05, 4.69) is 10.4 Å². The molecule has 1 heterocycles. The molecule has 174 valence electrons. The van der Waals surface area contributed by atoms with Gasteiger partial charge < -0.3 is 5.32 Å². The summed E-state index contributed by atoms with van der Waals surface area (Å²) in [5.41, 5.74) is 1.66. The maximum Gasteiger partial charge on any atom is 0.404 e. The molecule has 1 fully saturated rings. The first-order valence-corrected chi connectivity index (χ1v) is 11.8. The lowest BCUT2D eigenvalue weighted by atomic mass is 10.1. The number of aromatic nitrogens is 2. The Kier molecular flexibility index (Phi) is 6.15. The molecule has 2 N–H and O–H groups in total. The number of hydrogen-bond donors (Lipinski definition) is 2. The van der Waals surface area contributed by atoms with Gasteiger partial charge in [0.05, 0.1) is 23.1 Å². The van der Waals surface area contributed by atoms with Crippen LogP contribution in [0.3, 0.4) is 0 Å². The van der Waals surface area contributed by atoms with E-state index in [1.807, 2.05) is 27.6 Å². The Morgan fingerprint density at radius 2 is 1.88 bits per heavy atom. The number of carbonyl (C=O) groups is 1. The smallest absolute Gasteiger partial charge is 0.321 e. The topological polar surface area (TPSA) is 93.1 Å². The fourth-order valence-electron chi connectivity index (χ4n) is 3.35. The second-order valence-electron chi connectivity index (χ2n) is 7.93. The van der Waals surface area contributed by atoms with Gasteiger partial charge in [-0.1, -0.05) is 18.2 Å². The van der Waals surface area contributed by atoms with E-state index in [-0.39, 0.29) is 11.4 Å². The van der Waals surface area contributed by atoms with Crippen LogP contribution in [-0.4, -0.2) is 36.0 Å². The molecule has 0 saturated heterocycles. The zero-order valence-corrected chi connectivity index (χ0v) is 18.2. The number of nitrogens with zero attached hydrogens (tertiary/aromatic N) is 2. The Morgan fingerprint density at radius 3 is 2.58 bits per heavy atom. The summed E-state index contributed by atoms with van der Waals surface area (Å²) in [7, 11) is -4.68. The normalized spacial score (nSPS) is 14.6. The third-order valence-electron chi connectivity index (χ3n) is 5.03. The zero-order valence-electron chi connectivity index (χ0n) is 17.3. The molecule has 0 bridgehead atoms. The number of alkyl halides is 3. The second-order valence-corrected chi connectivity index (χ2v) is 9.66. The average molecular weight is 478 g/mol. The van der Waals surface area contributed by atoms with Gasteiger partial charge in [0.1, 0.15) is 0 Å². The molecule has 0 unspecified atom stereocenters. The van der Waals surface area contributed by atoms with Gasteiger partial charge in [-0.25, -0.2) is 8.42 Å². The van der Waals surface area contributed by atoms with Crippen molar-refractivity contribution in [2.75, 3.05) is 15.8 Å². The molecule has 0 spiro atoms. The van der Waals surface area contributed by atoms with E-state index >= 15 is 0 Å². The fourth-order valence-corrected chi connectivity index (χ4v) is 4.36. The van der Waals surface area contributed by atoms with Crippen molar-refractivity contribution < 1.29 is 26.4 Å². The molecule has 4 rings (SSSR count). The minimum atomic E-state index is -4.89. The van der Waals surface area contributed by atoms with Crippen molar-refractivity contribution >= 4 is 44.3 Å².